The van der Waals surface area contributed by atoms with Crippen LogP contribution in [0.2, 0.25) is 10.0 Å². The molecule has 4 aromatic rings. The molecule has 1 aliphatic rings. The van der Waals surface area contributed by atoms with Crippen LogP contribution in [0.4, 0.5) is 10.1 Å². The number of ether oxygens (including phenoxy) is 1. The van der Waals surface area contributed by atoms with E-state index in [9.17, 15) is 4.79 Å². The summed E-state index contributed by atoms with van der Waals surface area (Å²) in [5.74, 6) is -0.0714. The third-order valence-corrected chi connectivity index (χ3v) is 6.98. The Morgan fingerprint density at radius 3 is 2.51 bits per heavy atom. The summed E-state index contributed by atoms with van der Waals surface area (Å²) < 4.78 is 20.9. The van der Waals surface area contributed by atoms with Gasteiger partial charge >= 0.3 is 0 Å². The molecule has 0 spiro atoms. The topological polar surface area (TPSA) is 67.4 Å². The monoisotopic (exact) mass is 538 g/mol. The van der Waals surface area contributed by atoms with E-state index in [1.165, 1.54) is 6.20 Å². The molecule has 6 nitrogen and oxygen atoms in total. The average Bonchev–Trinajstić information content (AvgIpc) is 2.88. The fourth-order valence-corrected chi connectivity index (χ4v) is 5.35. The summed E-state index contributed by atoms with van der Waals surface area (Å²) in [6, 6.07) is 12.3. The number of amides is 1. The number of rotatable bonds is 6. The van der Waals surface area contributed by atoms with Gasteiger partial charge in [-0.25, -0.2) is 9.37 Å². The molecule has 2 aromatic heterocycles. The van der Waals surface area contributed by atoms with Crippen molar-refractivity contribution >= 4 is 45.8 Å². The third-order valence-electron chi connectivity index (χ3n) is 6.55. The van der Waals surface area contributed by atoms with E-state index in [1.807, 2.05) is 43.0 Å². The van der Waals surface area contributed by atoms with E-state index in [2.05, 4.69) is 15.3 Å². The highest BCUT2D eigenvalue weighted by Gasteiger charge is 2.27. The minimum absolute atomic E-state index is 0.206. The van der Waals surface area contributed by atoms with Gasteiger partial charge in [-0.15, -0.1) is 0 Å². The lowest BCUT2D eigenvalue weighted by Crippen LogP contribution is -2.34. The summed E-state index contributed by atoms with van der Waals surface area (Å²) in [6.45, 7) is 5.73. The number of halogens is 3. The maximum absolute atomic E-state index is 15.2. The highest BCUT2D eigenvalue weighted by Crippen LogP contribution is 2.38. The number of carbonyl (C=O) groups excluding carboxylic acids is 1. The SMILES string of the molecule is CCN(CC)c1c(C(=O)N[C@H]2CCOc3ccccc32)cnc2c(-c3cc(Cl)cc(Cl)c3)c(F)cnc12. The number of benzene rings is 2. The molecule has 9 heteroatoms. The summed E-state index contributed by atoms with van der Waals surface area (Å²) in [4.78, 5) is 24.7. The first-order valence-electron chi connectivity index (χ1n) is 12.1. The molecule has 2 aromatic carbocycles. The molecule has 0 unspecified atom stereocenters. The first-order chi connectivity index (χ1) is 17.9. The second kappa shape index (κ2) is 10.5. The van der Waals surface area contributed by atoms with Gasteiger partial charge in [0, 0.05) is 46.9 Å². The summed E-state index contributed by atoms with van der Waals surface area (Å²) in [6.07, 6.45) is 3.29. The third kappa shape index (κ3) is 4.81. The maximum Gasteiger partial charge on any atom is 0.255 e. The Hall–Kier alpha value is -3.42. The molecule has 5 rings (SSSR count). The fourth-order valence-electron chi connectivity index (χ4n) is 4.82. The Bertz CT molecular complexity index is 1470. The minimum Gasteiger partial charge on any atom is -0.493 e. The van der Waals surface area contributed by atoms with Crippen LogP contribution in [0, 0.1) is 5.82 Å². The van der Waals surface area contributed by atoms with Crippen molar-refractivity contribution in [3.05, 3.63) is 81.8 Å². The normalized spacial score (nSPS) is 14.7. The van der Waals surface area contributed by atoms with Crippen molar-refractivity contribution in [2.45, 2.75) is 26.3 Å². The molecule has 3 heterocycles. The van der Waals surface area contributed by atoms with Crippen LogP contribution in [-0.2, 0) is 0 Å². The van der Waals surface area contributed by atoms with Crippen LogP contribution in [0.25, 0.3) is 22.2 Å². The van der Waals surface area contributed by atoms with Crippen molar-refractivity contribution in [2.24, 2.45) is 0 Å². The van der Waals surface area contributed by atoms with Gasteiger partial charge in [-0.1, -0.05) is 41.4 Å². The smallest absolute Gasteiger partial charge is 0.255 e. The zero-order valence-corrected chi connectivity index (χ0v) is 21.9. The first kappa shape index (κ1) is 25.2. The maximum atomic E-state index is 15.2. The van der Waals surface area contributed by atoms with Gasteiger partial charge < -0.3 is 15.0 Å². The average molecular weight is 539 g/mol. The van der Waals surface area contributed by atoms with Crippen LogP contribution >= 0.6 is 23.2 Å². The Kier molecular flexibility index (Phi) is 7.17. The van der Waals surface area contributed by atoms with Crippen molar-refractivity contribution in [3.63, 3.8) is 0 Å². The number of anilines is 1. The molecule has 1 aliphatic heterocycles. The van der Waals surface area contributed by atoms with Gasteiger partial charge in [0.05, 0.1) is 30.1 Å². The van der Waals surface area contributed by atoms with Gasteiger partial charge in [-0.2, -0.15) is 0 Å². The summed E-state index contributed by atoms with van der Waals surface area (Å²) in [7, 11) is 0. The molecule has 0 bridgehead atoms. The predicted octanol–water partition coefficient (Wildman–Crippen LogP) is 6.84. The van der Waals surface area contributed by atoms with Gasteiger partial charge in [-0.05, 0) is 43.7 Å². The Morgan fingerprint density at radius 1 is 1.08 bits per heavy atom. The second-order valence-corrected chi connectivity index (χ2v) is 9.60. The number of para-hydroxylation sites is 1. The molecular weight excluding hydrogens is 514 g/mol. The van der Waals surface area contributed by atoms with Gasteiger partial charge in [0.25, 0.3) is 5.91 Å². The standard InChI is InChI=1S/C28H25Cl2FN4O2/c1-3-35(4-2)27-20(28(36)34-22-9-10-37-23-8-6-5-7-19(22)23)14-32-25-24(21(31)15-33-26(25)27)16-11-17(29)13-18(30)12-16/h5-8,11-15,22H,3-4,9-10H2,1-2H3,(H,34,36)/t22-/m0/s1. The van der Waals surface area contributed by atoms with Crippen molar-refractivity contribution in [3.8, 4) is 16.9 Å². The van der Waals surface area contributed by atoms with Crippen LogP contribution in [0.3, 0.4) is 0 Å². The van der Waals surface area contributed by atoms with Crippen molar-refractivity contribution in [1.82, 2.24) is 15.3 Å². The quantitative estimate of drug-likeness (QED) is 0.291. The number of hydrogen-bond donors (Lipinski definition) is 1. The Labute approximate surface area is 224 Å². The lowest BCUT2D eigenvalue weighted by molar-refractivity contribution is 0.0925. The highest BCUT2D eigenvalue weighted by atomic mass is 35.5. The lowest BCUT2D eigenvalue weighted by atomic mass is 9.99. The highest BCUT2D eigenvalue weighted by molar-refractivity contribution is 6.35. The molecule has 190 valence electrons. The molecular formula is C28H25Cl2FN4O2. The molecule has 0 saturated heterocycles. The molecule has 0 radical (unpaired) electrons. The number of aromatic nitrogens is 2. The van der Waals surface area contributed by atoms with Crippen LogP contribution in [0.1, 0.15) is 42.2 Å². The molecule has 0 saturated carbocycles. The zero-order chi connectivity index (χ0) is 26.1. The van der Waals surface area contributed by atoms with E-state index >= 15 is 4.39 Å². The zero-order valence-electron chi connectivity index (χ0n) is 20.4. The van der Waals surface area contributed by atoms with Gasteiger partial charge in [0.15, 0.2) is 5.82 Å². The Morgan fingerprint density at radius 2 is 1.78 bits per heavy atom. The number of nitrogens with zero attached hydrogens (tertiary/aromatic N) is 3. The van der Waals surface area contributed by atoms with E-state index < -0.39 is 5.82 Å². The largest absolute Gasteiger partial charge is 0.493 e. The van der Waals surface area contributed by atoms with Crippen LogP contribution in [0.15, 0.2) is 54.9 Å². The second-order valence-electron chi connectivity index (χ2n) is 8.73. The van der Waals surface area contributed by atoms with E-state index in [0.29, 0.717) is 64.0 Å². The van der Waals surface area contributed by atoms with Crippen molar-refractivity contribution in [2.75, 3.05) is 24.6 Å². The number of hydrogen-bond acceptors (Lipinski definition) is 5. The molecule has 0 aliphatic carbocycles. The number of nitrogens with one attached hydrogen (secondary N) is 1. The number of fused-ring (bicyclic) bond motifs is 2. The number of pyridine rings is 2. The fraction of sp³-hybridized carbons (Fsp3) is 0.250. The molecule has 1 N–H and O–H groups in total. The molecule has 37 heavy (non-hydrogen) atoms. The minimum atomic E-state index is -0.556. The van der Waals surface area contributed by atoms with Crippen molar-refractivity contribution < 1.29 is 13.9 Å². The van der Waals surface area contributed by atoms with Crippen LogP contribution < -0.4 is 15.0 Å². The van der Waals surface area contributed by atoms with E-state index in [-0.39, 0.29) is 17.5 Å². The van der Waals surface area contributed by atoms with Gasteiger partial charge in [-0.3, -0.25) is 9.78 Å². The summed E-state index contributed by atoms with van der Waals surface area (Å²) in [5, 5.41) is 3.91. The van der Waals surface area contributed by atoms with Crippen molar-refractivity contribution in [1.29, 1.82) is 0 Å². The molecule has 1 atom stereocenters. The number of carbonyl (C=O) groups is 1. The predicted molar refractivity (Wildman–Crippen MR) is 145 cm³/mol. The summed E-state index contributed by atoms with van der Waals surface area (Å²) >= 11 is 12.4. The van der Waals surface area contributed by atoms with Gasteiger partial charge in [0.1, 0.15) is 16.8 Å². The lowest BCUT2D eigenvalue weighted by Gasteiger charge is -2.28. The Balaban J connectivity index is 1.65. The molecule has 0 fully saturated rings. The van der Waals surface area contributed by atoms with Gasteiger partial charge in [0.2, 0.25) is 0 Å². The van der Waals surface area contributed by atoms with Crippen LogP contribution in [-0.4, -0.2) is 35.6 Å². The van der Waals surface area contributed by atoms with E-state index in [0.717, 1.165) is 17.5 Å². The first-order valence-corrected chi connectivity index (χ1v) is 12.9. The van der Waals surface area contributed by atoms with E-state index in [1.54, 1.807) is 18.2 Å². The summed E-state index contributed by atoms with van der Waals surface area (Å²) in [5.41, 5.74) is 3.37. The van der Waals surface area contributed by atoms with E-state index in [4.69, 9.17) is 27.9 Å². The molecule has 1 amide bonds. The van der Waals surface area contributed by atoms with Crippen LogP contribution in [0.5, 0.6) is 5.75 Å².